The Hall–Kier alpha value is -3.70. The predicted octanol–water partition coefficient (Wildman–Crippen LogP) is 2.85. The molecule has 3 N–H and O–H groups in total. The van der Waals surface area contributed by atoms with Crippen molar-refractivity contribution in [3.05, 3.63) is 76.3 Å². The third kappa shape index (κ3) is 6.25. The minimum Gasteiger partial charge on any atom is -0.481 e. The van der Waals surface area contributed by atoms with Gasteiger partial charge < -0.3 is 20.2 Å². The Morgan fingerprint density at radius 1 is 0.955 bits per heavy atom. The lowest BCUT2D eigenvalue weighted by Gasteiger charge is -2.20. The zero-order valence-electron chi connectivity index (χ0n) is 23.1. The van der Waals surface area contributed by atoms with E-state index in [4.69, 9.17) is 12.2 Å². The van der Waals surface area contributed by atoms with E-state index < -0.39 is 42.5 Å². The monoisotopic (exact) mass is 689 g/mol. The van der Waals surface area contributed by atoms with Crippen LogP contribution >= 0.6 is 58.4 Å². The Morgan fingerprint density at radius 3 is 2.30 bits per heavy atom. The number of hydrogen-bond acceptors (Lipinski definition) is 11. The molecule has 0 atom stereocenters. The topological polar surface area (TPSA) is 157 Å². The van der Waals surface area contributed by atoms with E-state index in [1.165, 1.54) is 23.1 Å². The molecule has 0 radical (unpaired) electrons. The number of carboxylic acid groups (broad SMARTS) is 3. The summed E-state index contributed by atoms with van der Waals surface area (Å²) in [6, 6.07) is 7.65. The van der Waals surface area contributed by atoms with Crippen LogP contribution in [0.15, 0.2) is 50.4 Å². The van der Waals surface area contributed by atoms with Gasteiger partial charge in [0.05, 0.1) is 17.1 Å². The number of fused-ring (bicyclic) bond motifs is 1. The quantitative estimate of drug-likeness (QED) is 0.283. The first-order valence-electron chi connectivity index (χ1n) is 12.8. The first kappa shape index (κ1) is 31.7. The lowest BCUT2D eigenvalue weighted by Crippen LogP contribution is -2.37. The Bertz CT molecular complexity index is 1960. The van der Waals surface area contributed by atoms with Gasteiger partial charge in [-0.05, 0) is 54.6 Å². The molecule has 0 aliphatic carbocycles. The minimum atomic E-state index is -1.30. The van der Waals surface area contributed by atoms with Crippen molar-refractivity contribution in [2.24, 2.45) is 0 Å². The highest BCUT2D eigenvalue weighted by molar-refractivity contribution is 8.30. The van der Waals surface area contributed by atoms with E-state index in [2.05, 4.69) is 0 Å². The number of thiazole rings is 1. The van der Waals surface area contributed by atoms with E-state index in [-0.39, 0.29) is 31.4 Å². The highest BCUT2D eigenvalue weighted by atomic mass is 32.2. The smallest absolute Gasteiger partial charge is 0.323 e. The number of carbonyl (C=O) groups is 4. The number of benzene rings is 1. The standard InChI is InChI=1S/C28H23N3O8S5/c1-13-8-16-18(9-14(13)2)42-19(29(16)6-5-20(32)33)10-15(17-4-3-7-41-17)23-25(38)30(11-21(34)35)27(43-23)24-26(39)31(12-22(36)37)28(40)44-24/h3-4,7-10H,5-6,11-12H2,1-2H3,(H,32,33)(H,34,35)(H,36,37). The highest BCUT2D eigenvalue weighted by Crippen LogP contribution is 2.48. The molecule has 5 rings (SSSR count). The Labute approximate surface area is 271 Å². The van der Waals surface area contributed by atoms with Crippen LogP contribution in [0.2, 0.25) is 0 Å². The first-order chi connectivity index (χ1) is 20.8. The van der Waals surface area contributed by atoms with Gasteiger partial charge in [-0.15, -0.1) is 22.7 Å². The van der Waals surface area contributed by atoms with Gasteiger partial charge in [0.2, 0.25) is 0 Å². The van der Waals surface area contributed by atoms with Crippen molar-refractivity contribution < 1.29 is 34.5 Å². The van der Waals surface area contributed by atoms with E-state index in [0.29, 0.717) is 15.5 Å². The largest absolute Gasteiger partial charge is 0.481 e. The van der Waals surface area contributed by atoms with E-state index in [0.717, 1.165) is 54.3 Å². The summed E-state index contributed by atoms with van der Waals surface area (Å²) in [6.45, 7) is 2.74. The van der Waals surface area contributed by atoms with Crippen LogP contribution in [0.5, 0.6) is 0 Å². The predicted molar refractivity (Wildman–Crippen MR) is 175 cm³/mol. The zero-order chi connectivity index (χ0) is 31.9. The molecule has 0 unspecified atom stereocenters. The Morgan fingerprint density at radius 2 is 1.66 bits per heavy atom. The molecule has 0 saturated carbocycles. The molecule has 1 aromatic carbocycles. The molecule has 1 amide bonds. The lowest BCUT2D eigenvalue weighted by atomic mass is 10.1. The van der Waals surface area contributed by atoms with Crippen LogP contribution in [-0.2, 0) is 25.7 Å². The average Bonchev–Trinajstić information content (AvgIpc) is 3.71. The molecule has 3 aromatic rings. The zero-order valence-corrected chi connectivity index (χ0v) is 27.1. The number of aliphatic carboxylic acids is 3. The van der Waals surface area contributed by atoms with Gasteiger partial charge in [0.1, 0.15) is 31.5 Å². The number of nitrogens with zero attached hydrogens (tertiary/aromatic N) is 3. The summed E-state index contributed by atoms with van der Waals surface area (Å²) in [7, 11) is 0. The van der Waals surface area contributed by atoms with E-state index in [1.54, 1.807) is 6.08 Å². The molecule has 1 fully saturated rings. The number of carboxylic acids is 3. The molecular weight excluding hydrogens is 667 g/mol. The van der Waals surface area contributed by atoms with Gasteiger partial charge in [-0.3, -0.25) is 33.4 Å². The molecular formula is C28H23N3O8S5. The second-order valence-electron chi connectivity index (χ2n) is 9.68. The number of anilines is 1. The van der Waals surface area contributed by atoms with Gasteiger partial charge in [0.15, 0.2) is 0 Å². The van der Waals surface area contributed by atoms with Gasteiger partial charge in [-0.25, -0.2) is 0 Å². The third-order valence-electron chi connectivity index (χ3n) is 6.71. The molecule has 16 heteroatoms. The maximum atomic E-state index is 13.9. The van der Waals surface area contributed by atoms with Crippen molar-refractivity contribution in [3.63, 3.8) is 0 Å². The first-order valence-corrected chi connectivity index (χ1v) is 16.6. The molecule has 0 spiro atoms. The Balaban J connectivity index is 1.78. The number of thiocarbonyl (C=S) groups is 1. The number of allylic oxidation sites excluding steroid dienone is 1. The van der Waals surface area contributed by atoms with Crippen LogP contribution in [0.25, 0.3) is 10.5 Å². The van der Waals surface area contributed by atoms with Crippen molar-refractivity contribution in [2.75, 3.05) is 18.0 Å². The number of thiophene rings is 1. The average molecular weight is 690 g/mol. The summed E-state index contributed by atoms with van der Waals surface area (Å²) in [6.07, 6.45) is 1.67. The van der Waals surface area contributed by atoms with Crippen molar-refractivity contribution in [2.45, 2.75) is 31.7 Å². The van der Waals surface area contributed by atoms with Gasteiger partial charge in [0.25, 0.3) is 11.5 Å². The molecule has 4 heterocycles. The van der Waals surface area contributed by atoms with Crippen LogP contribution in [-0.4, -0.2) is 66.0 Å². The maximum absolute atomic E-state index is 13.9. The molecule has 1 saturated heterocycles. The maximum Gasteiger partial charge on any atom is 0.323 e. The van der Waals surface area contributed by atoms with Crippen molar-refractivity contribution in [1.29, 1.82) is 0 Å². The van der Waals surface area contributed by atoms with E-state index in [9.17, 15) is 39.3 Å². The summed E-state index contributed by atoms with van der Waals surface area (Å²) in [5.74, 6) is -4.26. The molecule has 2 aliphatic rings. The molecule has 2 aliphatic heterocycles. The molecule has 0 bridgehead atoms. The van der Waals surface area contributed by atoms with Gasteiger partial charge in [-0.1, -0.05) is 41.8 Å². The van der Waals surface area contributed by atoms with Crippen molar-refractivity contribution in [1.82, 2.24) is 9.47 Å². The second kappa shape index (κ2) is 12.7. The van der Waals surface area contributed by atoms with E-state index >= 15 is 0 Å². The van der Waals surface area contributed by atoms with Gasteiger partial charge in [-0.2, -0.15) is 0 Å². The molecule has 228 valence electrons. The van der Waals surface area contributed by atoms with Crippen molar-refractivity contribution in [3.8, 4) is 0 Å². The highest BCUT2D eigenvalue weighted by Gasteiger charge is 2.36. The summed E-state index contributed by atoms with van der Waals surface area (Å²) < 4.78 is 1.21. The SMILES string of the molecule is Cc1cc2c(cc1C)N(CCC(=O)O)C(=CC(c1cccs1)=c1sc(=C3SC(=S)N(CC(=O)O)C3=O)n(CC(=O)O)c1=O)S2. The normalized spacial score (nSPS) is 17.5. The number of rotatable bonds is 9. The fourth-order valence-corrected chi connectivity index (χ4v) is 9.14. The van der Waals surface area contributed by atoms with Crippen LogP contribution in [0, 0.1) is 13.8 Å². The Kier molecular flexibility index (Phi) is 9.17. The number of amides is 1. The fourth-order valence-electron chi connectivity index (χ4n) is 4.53. The lowest BCUT2D eigenvalue weighted by molar-refractivity contribution is -0.140. The molecule has 11 nitrogen and oxygen atoms in total. The molecule has 2 aromatic heterocycles. The third-order valence-corrected chi connectivity index (χ3v) is 11.5. The minimum absolute atomic E-state index is 0.0129. The van der Waals surface area contributed by atoms with E-state index in [1.807, 2.05) is 48.4 Å². The van der Waals surface area contributed by atoms with Crippen LogP contribution in [0.4, 0.5) is 5.69 Å². The number of thioether (sulfide) groups is 2. The number of aromatic nitrogens is 1. The van der Waals surface area contributed by atoms with Crippen LogP contribution in [0.3, 0.4) is 0 Å². The van der Waals surface area contributed by atoms with Crippen LogP contribution in [0.1, 0.15) is 22.4 Å². The number of aryl methyl sites for hydroxylation is 2. The second-order valence-corrected chi connectivity index (χ2v) is 14.3. The number of hydrogen-bond donors (Lipinski definition) is 3. The summed E-state index contributed by atoms with van der Waals surface area (Å²) >= 11 is 9.77. The van der Waals surface area contributed by atoms with Gasteiger partial charge >= 0.3 is 17.9 Å². The summed E-state index contributed by atoms with van der Waals surface area (Å²) in [5.41, 5.74) is 2.80. The van der Waals surface area contributed by atoms with Gasteiger partial charge in [0, 0.05) is 21.9 Å². The fraction of sp³-hybridized carbons (Fsp3) is 0.214. The summed E-state index contributed by atoms with van der Waals surface area (Å²) in [4.78, 5) is 66.3. The summed E-state index contributed by atoms with van der Waals surface area (Å²) in [5, 5.41) is 30.8. The number of carbonyl (C=O) groups excluding carboxylic acids is 1. The van der Waals surface area contributed by atoms with Crippen LogP contribution < -0.4 is 19.7 Å². The molecule has 44 heavy (non-hydrogen) atoms. The van der Waals surface area contributed by atoms with Crippen molar-refractivity contribution >= 4 is 103 Å².